The summed E-state index contributed by atoms with van der Waals surface area (Å²) in [5, 5.41) is 0. The molecule has 0 N–H and O–H groups in total. The molecule has 0 aromatic carbocycles. The number of carbonyl (C=O) groups excluding carboxylic acids is 3. The van der Waals surface area contributed by atoms with Gasteiger partial charge in [-0.1, -0.05) is 214 Å². The Hall–Kier alpha value is -1.59. The van der Waals surface area contributed by atoms with Crippen LogP contribution >= 0.6 is 0 Å². The summed E-state index contributed by atoms with van der Waals surface area (Å²) in [6.45, 7) is 8.89. The Balaban J connectivity index is 4.14. The van der Waals surface area contributed by atoms with Gasteiger partial charge in [-0.2, -0.15) is 0 Å². The second-order valence-corrected chi connectivity index (χ2v) is 16.2. The first-order chi connectivity index (χ1) is 25.4. The number of hydrogen-bond acceptors (Lipinski definition) is 6. The number of carbonyl (C=O) groups is 3. The minimum atomic E-state index is -0.758. The van der Waals surface area contributed by atoms with Gasteiger partial charge in [0, 0.05) is 19.3 Å². The molecule has 0 saturated carbocycles. The predicted octanol–water partition coefficient (Wildman–Crippen LogP) is 14.3. The van der Waals surface area contributed by atoms with Crippen molar-refractivity contribution in [1.29, 1.82) is 0 Å². The van der Waals surface area contributed by atoms with E-state index in [4.69, 9.17) is 14.2 Å². The summed E-state index contributed by atoms with van der Waals surface area (Å²) in [5.74, 6) is -0.0735. The third kappa shape index (κ3) is 39.6. The van der Waals surface area contributed by atoms with Crippen molar-refractivity contribution in [2.45, 2.75) is 259 Å². The standard InChI is InChI=1S/C46H88O6/c1-5-7-9-11-12-13-14-15-16-17-18-19-20-21-22-27-31-35-39-46(49)52-43(40-50-44(47)37-33-28-10-8-6-2)41-51-45(48)38-34-30-26-24-23-25-29-32-36-42(3)4/h42-43H,5-41H2,1-4H3/t43-/m0/s1. The highest BCUT2D eigenvalue weighted by molar-refractivity contribution is 5.71. The van der Waals surface area contributed by atoms with Crippen LogP contribution < -0.4 is 0 Å². The van der Waals surface area contributed by atoms with Crippen molar-refractivity contribution in [1.82, 2.24) is 0 Å². The van der Waals surface area contributed by atoms with Gasteiger partial charge in [-0.25, -0.2) is 0 Å². The van der Waals surface area contributed by atoms with Gasteiger partial charge in [0.1, 0.15) is 13.2 Å². The molecular formula is C46H88O6. The Bertz CT molecular complexity index is 781. The molecule has 0 radical (unpaired) electrons. The molecule has 0 bridgehead atoms. The van der Waals surface area contributed by atoms with E-state index in [2.05, 4.69) is 27.7 Å². The van der Waals surface area contributed by atoms with Gasteiger partial charge in [0.05, 0.1) is 0 Å². The topological polar surface area (TPSA) is 78.9 Å². The van der Waals surface area contributed by atoms with Crippen LogP contribution in [0.25, 0.3) is 0 Å². The Labute approximate surface area is 323 Å². The highest BCUT2D eigenvalue weighted by atomic mass is 16.6. The van der Waals surface area contributed by atoms with E-state index in [1.54, 1.807) is 0 Å². The summed E-state index contributed by atoms with van der Waals surface area (Å²) in [6, 6.07) is 0. The summed E-state index contributed by atoms with van der Waals surface area (Å²) in [4.78, 5) is 37.4. The third-order valence-electron chi connectivity index (χ3n) is 10.3. The van der Waals surface area contributed by atoms with E-state index < -0.39 is 6.10 Å². The first-order valence-corrected chi connectivity index (χ1v) is 22.9. The lowest BCUT2D eigenvalue weighted by Crippen LogP contribution is -2.30. The minimum absolute atomic E-state index is 0.0656. The maximum absolute atomic E-state index is 12.7. The fraction of sp³-hybridized carbons (Fsp3) is 0.935. The minimum Gasteiger partial charge on any atom is -0.462 e. The molecule has 1 atom stereocenters. The van der Waals surface area contributed by atoms with E-state index in [0.717, 1.165) is 70.1 Å². The fourth-order valence-electron chi connectivity index (χ4n) is 6.80. The predicted molar refractivity (Wildman–Crippen MR) is 220 cm³/mol. The molecule has 308 valence electrons. The first-order valence-electron chi connectivity index (χ1n) is 22.9. The van der Waals surface area contributed by atoms with Crippen molar-refractivity contribution in [2.24, 2.45) is 5.92 Å². The molecule has 0 unspecified atom stereocenters. The Morgan fingerprint density at radius 1 is 0.365 bits per heavy atom. The van der Waals surface area contributed by atoms with Crippen molar-refractivity contribution in [3.63, 3.8) is 0 Å². The molecular weight excluding hydrogens is 648 g/mol. The molecule has 0 spiro atoms. The van der Waals surface area contributed by atoms with Crippen molar-refractivity contribution in [3.05, 3.63) is 0 Å². The Morgan fingerprint density at radius 3 is 0.942 bits per heavy atom. The van der Waals surface area contributed by atoms with Crippen LogP contribution in [0.4, 0.5) is 0 Å². The molecule has 0 aliphatic heterocycles. The van der Waals surface area contributed by atoms with Gasteiger partial charge in [0.15, 0.2) is 6.10 Å². The second kappa shape index (κ2) is 40.6. The summed E-state index contributed by atoms with van der Waals surface area (Å²) in [7, 11) is 0. The molecule has 0 amide bonds. The molecule has 0 aliphatic rings. The lowest BCUT2D eigenvalue weighted by atomic mass is 10.0. The average Bonchev–Trinajstić information content (AvgIpc) is 3.12. The van der Waals surface area contributed by atoms with Crippen LogP contribution in [0, 0.1) is 5.92 Å². The lowest BCUT2D eigenvalue weighted by Gasteiger charge is -2.18. The normalized spacial score (nSPS) is 11.9. The average molecular weight is 737 g/mol. The van der Waals surface area contributed by atoms with Gasteiger partial charge in [-0.15, -0.1) is 0 Å². The zero-order chi connectivity index (χ0) is 38.2. The van der Waals surface area contributed by atoms with Crippen molar-refractivity contribution < 1.29 is 28.6 Å². The maximum atomic E-state index is 12.7. The summed E-state index contributed by atoms with van der Waals surface area (Å²) >= 11 is 0. The fourth-order valence-corrected chi connectivity index (χ4v) is 6.80. The highest BCUT2D eigenvalue weighted by Crippen LogP contribution is 2.16. The number of unbranched alkanes of at least 4 members (excludes halogenated alkanes) is 28. The van der Waals surface area contributed by atoms with Crippen molar-refractivity contribution in [3.8, 4) is 0 Å². The van der Waals surface area contributed by atoms with Crippen LogP contribution in [0.3, 0.4) is 0 Å². The van der Waals surface area contributed by atoms with Gasteiger partial charge in [-0.3, -0.25) is 14.4 Å². The van der Waals surface area contributed by atoms with Crippen molar-refractivity contribution in [2.75, 3.05) is 13.2 Å². The zero-order valence-corrected chi connectivity index (χ0v) is 35.3. The molecule has 6 nitrogen and oxygen atoms in total. The van der Waals surface area contributed by atoms with Gasteiger partial charge >= 0.3 is 17.9 Å². The molecule has 0 saturated heterocycles. The van der Waals surface area contributed by atoms with Crippen LogP contribution in [-0.4, -0.2) is 37.2 Å². The molecule has 0 aromatic heterocycles. The molecule has 6 heteroatoms. The molecule has 0 aromatic rings. The molecule has 0 fully saturated rings. The van der Waals surface area contributed by atoms with Crippen LogP contribution in [0.2, 0.25) is 0 Å². The van der Waals surface area contributed by atoms with Crippen LogP contribution in [0.1, 0.15) is 252 Å². The van der Waals surface area contributed by atoms with E-state index in [1.807, 2.05) is 0 Å². The lowest BCUT2D eigenvalue weighted by molar-refractivity contribution is -0.167. The summed E-state index contributed by atoms with van der Waals surface area (Å²) in [5.41, 5.74) is 0. The zero-order valence-electron chi connectivity index (χ0n) is 35.3. The summed E-state index contributed by atoms with van der Waals surface area (Å²) in [6.07, 6.45) is 39.8. The molecule has 0 rings (SSSR count). The number of hydrogen-bond donors (Lipinski definition) is 0. The molecule has 0 aliphatic carbocycles. The number of esters is 3. The summed E-state index contributed by atoms with van der Waals surface area (Å²) < 4.78 is 16.6. The van der Waals surface area contributed by atoms with Gasteiger partial charge in [0.2, 0.25) is 0 Å². The van der Waals surface area contributed by atoms with E-state index in [-0.39, 0.29) is 31.1 Å². The van der Waals surface area contributed by atoms with E-state index in [9.17, 15) is 14.4 Å². The molecule has 0 heterocycles. The van der Waals surface area contributed by atoms with Crippen molar-refractivity contribution >= 4 is 17.9 Å². The highest BCUT2D eigenvalue weighted by Gasteiger charge is 2.19. The molecule has 52 heavy (non-hydrogen) atoms. The second-order valence-electron chi connectivity index (χ2n) is 16.2. The SMILES string of the molecule is CCCCCCCCCCCCCCCCCCCCC(=O)O[C@@H](COC(=O)CCCCCCC)COC(=O)CCCCCCCCCCC(C)C. The van der Waals surface area contributed by atoms with Crippen LogP contribution in [-0.2, 0) is 28.6 Å². The Morgan fingerprint density at radius 2 is 0.635 bits per heavy atom. The van der Waals surface area contributed by atoms with Crippen LogP contribution in [0.15, 0.2) is 0 Å². The number of rotatable bonds is 41. The van der Waals surface area contributed by atoms with E-state index in [1.165, 1.54) is 141 Å². The largest absolute Gasteiger partial charge is 0.462 e. The maximum Gasteiger partial charge on any atom is 0.306 e. The van der Waals surface area contributed by atoms with Gasteiger partial charge in [0.25, 0.3) is 0 Å². The number of ether oxygens (including phenoxy) is 3. The first kappa shape index (κ1) is 50.4. The monoisotopic (exact) mass is 737 g/mol. The Kier molecular flexibility index (Phi) is 39.4. The van der Waals surface area contributed by atoms with Gasteiger partial charge < -0.3 is 14.2 Å². The third-order valence-corrected chi connectivity index (χ3v) is 10.3. The van der Waals surface area contributed by atoms with E-state index in [0.29, 0.717) is 19.3 Å². The van der Waals surface area contributed by atoms with E-state index >= 15 is 0 Å². The quantitative estimate of drug-likeness (QED) is 0.0353. The van der Waals surface area contributed by atoms with Gasteiger partial charge in [-0.05, 0) is 25.2 Å². The van der Waals surface area contributed by atoms with Crippen LogP contribution in [0.5, 0.6) is 0 Å². The smallest absolute Gasteiger partial charge is 0.306 e.